The monoisotopic (exact) mass is 241 g/mol. The van der Waals surface area contributed by atoms with Crippen LogP contribution in [0.1, 0.15) is 58.3 Å². The highest BCUT2D eigenvalue weighted by Gasteiger charge is 2.23. The summed E-state index contributed by atoms with van der Waals surface area (Å²) in [6, 6.07) is 0.268. The number of rotatable bonds is 6. The lowest BCUT2D eigenvalue weighted by molar-refractivity contribution is -0.141. The molecule has 17 heavy (non-hydrogen) atoms. The Kier molecular flexibility index (Phi) is 6.01. The fraction of sp³-hybridized carbons (Fsp3) is 0.846. The molecule has 1 unspecified atom stereocenters. The summed E-state index contributed by atoms with van der Waals surface area (Å²) < 4.78 is 0. The van der Waals surface area contributed by atoms with Crippen LogP contribution in [0.15, 0.2) is 0 Å². The van der Waals surface area contributed by atoms with Gasteiger partial charge in [0.15, 0.2) is 0 Å². The van der Waals surface area contributed by atoms with Crippen molar-refractivity contribution in [3.63, 3.8) is 0 Å². The van der Waals surface area contributed by atoms with Crippen molar-refractivity contribution in [2.45, 2.75) is 64.3 Å². The second-order valence-electron chi connectivity index (χ2n) is 4.93. The molecule has 1 aliphatic rings. The van der Waals surface area contributed by atoms with Gasteiger partial charge in [0.05, 0.1) is 6.42 Å². The molecule has 1 fully saturated rings. The molecule has 4 nitrogen and oxygen atoms in total. The largest absolute Gasteiger partial charge is 0.481 e. The van der Waals surface area contributed by atoms with E-state index in [-0.39, 0.29) is 24.3 Å². The predicted molar refractivity (Wildman–Crippen MR) is 65.7 cm³/mol. The molecule has 0 aromatic heterocycles. The number of carbonyl (C=O) groups is 2. The lowest BCUT2D eigenvalue weighted by Gasteiger charge is -2.25. The van der Waals surface area contributed by atoms with Gasteiger partial charge in [0.2, 0.25) is 5.91 Å². The van der Waals surface area contributed by atoms with Crippen LogP contribution >= 0.6 is 0 Å². The smallest absolute Gasteiger partial charge is 0.304 e. The summed E-state index contributed by atoms with van der Waals surface area (Å²) in [6.45, 7) is 1.97. The van der Waals surface area contributed by atoms with Crippen LogP contribution in [0.3, 0.4) is 0 Å². The van der Waals surface area contributed by atoms with E-state index >= 15 is 0 Å². The first-order valence-corrected chi connectivity index (χ1v) is 6.65. The van der Waals surface area contributed by atoms with Crippen molar-refractivity contribution in [3.8, 4) is 0 Å². The lowest BCUT2D eigenvalue weighted by atomic mass is 9.93. The molecule has 1 atom stereocenters. The summed E-state index contributed by atoms with van der Waals surface area (Å²) in [5.41, 5.74) is 0. The van der Waals surface area contributed by atoms with Gasteiger partial charge in [-0.05, 0) is 19.3 Å². The van der Waals surface area contributed by atoms with Gasteiger partial charge in [-0.1, -0.05) is 32.6 Å². The fourth-order valence-electron chi connectivity index (χ4n) is 2.45. The summed E-state index contributed by atoms with van der Waals surface area (Å²) >= 11 is 0. The molecule has 0 saturated heterocycles. The third kappa shape index (κ3) is 5.20. The Morgan fingerprint density at radius 2 is 1.94 bits per heavy atom. The van der Waals surface area contributed by atoms with Gasteiger partial charge in [-0.3, -0.25) is 9.59 Å². The SMILES string of the molecule is CCCC(CC(=O)O)C(=O)NC1CCCCC1. The Morgan fingerprint density at radius 1 is 1.29 bits per heavy atom. The maximum Gasteiger partial charge on any atom is 0.304 e. The number of carbonyl (C=O) groups excluding carboxylic acids is 1. The number of aliphatic carboxylic acids is 1. The predicted octanol–water partition coefficient (Wildman–Crippen LogP) is 2.33. The van der Waals surface area contributed by atoms with Crippen molar-refractivity contribution in [1.29, 1.82) is 0 Å². The van der Waals surface area contributed by atoms with Gasteiger partial charge < -0.3 is 10.4 Å². The van der Waals surface area contributed by atoms with Crippen LogP contribution in [-0.2, 0) is 9.59 Å². The van der Waals surface area contributed by atoms with E-state index in [0.29, 0.717) is 6.42 Å². The van der Waals surface area contributed by atoms with E-state index in [1.807, 2.05) is 6.92 Å². The van der Waals surface area contributed by atoms with Gasteiger partial charge in [-0.15, -0.1) is 0 Å². The van der Waals surface area contributed by atoms with Crippen LogP contribution in [0.25, 0.3) is 0 Å². The third-order valence-corrected chi connectivity index (χ3v) is 3.38. The van der Waals surface area contributed by atoms with Gasteiger partial charge in [-0.25, -0.2) is 0 Å². The van der Waals surface area contributed by atoms with Crippen molar-refractivity contribution in [3.05, 3.63) is 0 Å². The molecule has 1 amide bonds. The molecule has 0 aromatic rings. The molecule has 1 aliphatic carbocycles. The molecule has 0 heterocycles. The first kappa shape index (κ1) is 14.0. The molecular weight excluding hydrogens is 218 g/mol. The lowest BCUT2D eigenvalue weighted by Crippen LogP contribution is -2.40. The third-order valence-electron chi connectivity index (χ3n) is 3.38. The standard InChI is InChI=1S/C13H23NO3/c1-2-6-10(9-12(15)16)13(17)14-11-7-4-3-5-8-11/h10-11H,2-9H2,1H3,(H,14,17)(H,15,16). The Labute approximate surface area is 103 Å². The van der Waals surface area contributed by atoms with E-state index < -0.39 is 5.97 Å². The minimum absolute atomic E-state index is 0.0492. The number of carboxylic acids is 1. The van der Waals surface area contributed by atoms with Crippen LogP contribution in [0, 0.1) is 5.92 Å². The molecule has 2 N–H and O–H groups in total. The maximum absolute atomic E-state index is 12.0. The van der Waals surface area contributed by atoms with Crippen LogP contribution in [0.2, 0.25) is 0 Å². The molecule has 4 heteroatoms. The Balaban J connectivity index is 2.42. The van der Waals surface area contributed by atoms with E-state index in [1.165, 1.54) is 19.3 Å². The molecule has 0 bridgehead atoms. The maximum atomic E-state index is 12.0. The zero-order valence-corrected chi connectivity index (χ0v) is 10.6. The normalized spacial score (nSPS) is 18.6. The van der Waals surface area contributed by atoms with Gasteiger partial charge in [0, 0.05) is 12.0 Å². The Bertz CT molecular complexity index is 259. The van der Waals surface area contributed by atoms with Crippen LogP contribution in [-0.4, -0.2) is 23.0 Å². The second-order valence-corrected chi connectivity index (χ2v) is 4.93. The number of hydrogen-bond acceptors (Lipinski definition) is 2. The van der Waals surface area contributed by atoms with Crippen LogP contribution < -0.4 is 5.32 Å². The van der Waals surface area contributed by atoms with E-state index in [9.17, 15) is 9.59 Å². The number of carboxylic acid groups (broad SMARTS) is 1. The number of hydrogen-bond donors (Lipinski definition) is 2. The Hall–Kier alpha value is -1.06. The summed E-state index contributed by atoms with van der Waals surface area (Å²) in [7, 11) is 0. The van der Waals surface area contributed by atoms with E-state index in [0.717, 1.165) is 19.3 Å². The minimum atomic E-state index is -0.887. The van der Waals surface area contributed by atoms with Crippen molar-refractivity contribution in [2.24, 2.45) is 5.92 Å². The molecule has 0 spiro atoms. The first-order valence-electron chi connectivity index (χ1n) is 6.65. The molecule has 0 aromatic carbocycles. The Morgan fingerprint density at radius 3 is 2.47 bits per heavy atom. The summed E-state index contributed by atoms with van der Waals surface area (Å²) in [4.78, 5) is 22.7. The van der Waals surface area contributed by atoms with Gasteiger partial charge >= 0.3 is 5.97 Å². The zero-order valence-electron chi connectivity index (χ0n) is 10.6. The molecule has 0 radical (unpaired) electrons. The van der Waals surface area contributed by atoms with Gasteiger partial charge in [0.25, 0.3) is 0 Å². The summed E-state index contributed by atoms with van der Waals surface area (Å²) in [5.74, 6) is -1.32. The average Bonchev–Trinajstić information content (AvgIpc) is 2.29. The van der Waals surface area contributed by atoms with Crippen LogP contribution in [0.4, 0.5) is 0 Å². The van der Waals surface area contributed by atoms with E-state index in [1.54, 1.807) is 0 Å². The van der Waals surface area contributed by atoms with Crippen molar-refractivity contribution in [1.82, 2.24) is 5.32 Å². The summed E-state index contributed by atoms with van der Waals surface area (Å²) in [6.07, 6.45) is 7.12. The molecular formula is C13H23NO3. The fourth-order valence-corrected chi connectivity index (χ4v) is 2.45. The molecule has 98 valence electrons. The first-order chi connectivity index (χ1) is 8.13. The van der Waals surface area contributed by atoms with Crippen molar-refractivity contribution < 1.29 is 14.7 Å². The highest BCUT2D eigenvalue weighted by molar-refractivity contribution is 5.83. The summed E-state index contributed by atoms with van der Waals surface area (Å²) in [5, 5.41) is 11.8. The highest BCUT2D eigenvalue weighted by Crippen LogP contribution is 2.19. The average molecular weight is 241 g/mol. The van der Waals surface area contributed by atoms with Crippen LogP contribution in [0.5, 0.6) is 0 Å². The molecule has 1 rings (SSSR count). The second kappa shape index (κ2) is 7.30. The quantitative estimate of drug-likeness (QED) is 0.750. The molecule has 1 saturated carbocycles. The van der Waals surface area contributed by atoms with E-state index in [2.05, 4.69) is 5.32 Å². The minimum Gasteiger partial charge on any atom is -0.481 e. The highest BCUT2D eigenvalue weighted by atomic mass is 16.4. The van der Waals surface area contributed by atoms with Gasteiger partial charge in [-0.2, -0.15) is 0 Å². The topological polar surface area (TPSA) is 66.4 Å². The van der Waals surface area contributed by atoms with Crippen molar-refractivity contribution >= 4 is 11.9 Å². The van der Waals surface area contributed by atoms with Crippen molar-refractivity contribution in [2.75, 3.05) is 0 Å². The molecule has 0 aliphatic heterocycles. The van der Waals surface area contributed by atoms with Gasteiger partial charge in [0.1, 0.15) is 0 Å². The van der Waals surface area contributed by atoms with E-state index in [4.69, 9.17) is 5.11 Å². The number of nitrogens with one attached hydrogen (secondary N) is 1. The zero-order chi connectivity index (χ0) is 12.7. The number of amides is 1.